The highest BCUT2D eigenvalue weighted by Crippen LogP contribution is 2.43. The Bertz CT molecular complexity index is 192. The van der Waals surface area contributed by atoms with E-state index >= 15 is 0 Å². The van der Waals surface area contributed by atoms with Gasteiger partial charge in [0.25, 0.3) is 0 Å². The van der Waals surface area contributed by atoms with Gasteiger partial charge >= 0.3 is 0 Å². The van der Waals surface area contributed by atoms with E-state index in [4.69, 9.17) is 4.74 Å². The molecule has 1 atom stereocenters. The van der Waals surface area contributed by atoms with Crippen molar-refractivity contribution < 1.29 is 4.74 Å². The average molecular weight is 323 g/mol. The summed E-state index contributed by atoms with van der Waals surface area (Å²) < 4.78 is 7.48. The highest BCUT2D eigenvalue weighted by molar-refractivity contribution is 14.1. The minimum absolute atomic E-state index is 0.315. The SMILES string of the molecule is ICCCNCC1CCC2(CCCC2)O1. The van der Waals surface area contributed by atoms with Crippen LogP contribution >= 0.6 is 22.6 Å². The van der Waals surface area contributed by atoms with Gasteiger partial charge in [-0.05, 0) is 38.6 Å². The maximum absolute atomic E-state index is 6.23. The van der Waals surface area contributed by atoms with Crippen LogP contribution in [0.5, 0.6) is 0 Å². The molecule has 2 fully saturated rings. The summed E-state index contributed by atoms with van der Waals surface area (Å²) >= 11 is 2.43. The van der Waals surface area contributed by atoms with Crippen LogP contribution in [-0.2, 0) is 4.74 Å². The van der Waals surface area contributed by atoms with Crippen LogP contribution in [0.25, 0.3) is 0 Å². The van der Waals surface area contributed by atoms with Crippen molar-refractivity contribution in [2.75, 3.05) is 17.5 Å². The zero-order valence-corrected chi connectivity index (χ0v) is 11.6. The molecular weight excluding hydrogens is 301 g/mol. The summed E-state index contributed by atoms with van der Waals surface area (Å²) in [5.74, 6) is 0. The Balaban J connectivity index is 1.64. The van der Waals surface area contributed by atoms with Crippen molar-refractivity contribution in [1.82, 2.24) is 5.32 Å². The first kappa shape index (κ1) is 12.1. The van der Waals surface area contributed by atoms with Gasteiger partial charge in [-0.2, -0.15) is 0 Å². The largest absolute Gasteiger partial charge is 0.370 e. The molecule has 1 aliphatic heterocycles. The summed E-state index contributed by atoms with van der Waals surface area (Å²) in [6.07, 6.45) is 9.76. The first-order valence-electron chi connectivity index (χ1n) is 6.29. The highest BCUT2D eigenvalue weighted by Gasteiger charge is 2.41. The van der Waals surface area contributed by atoms with Gasteiger partial charge in [0, 0.05) is 11.0 Å². The summed E-state index contributed by atoms with van der Waals surface area (Å²) in [6.45, 7) is 2.22. The third-order valence-corrected chi connectivity index (χ3v) is 4.48. The van der Waals surface area contributed by atoms with Crippen LogP contribution in [0.4, 0.5) is 0 Å². The van der Waals surface area contributed by atoms with Crippen LogP contribution in [0.15, 0.2) is 0 Å². The second-order valence-corrected chi connectivity index (χ2v) is 5.99. The molecule has 0 radical (unpaired) electrons. The van der Waals surface area contributed by atoms with E-state index in [0.29, 0.717) is 11.7 Å². The van der Waals surface area contributed by atoms with Crippen molar-refractivity contribution >= 4 is 22.6 Å². The molecule has 1 N–H and O–H groups in total. The minimum atomic E-state index is 0.315. The molecule has 88 valence electrons. The third-order valence-electron chi connectivity index (χ3n) is 3.71. The molecule has 1 spiro atoms. The summed E-state index contributed by atoms with van der Waals surface area (Å²) in [6, 6.07) is 0. The Kier molecular flexibility index (Phi) is 4.70. The Morgan fingerprint density at radius 3 is 2.80 bits per heavy atom. The molecule has 0 bridgehead atoms. The molecule has 0 aromatic heterocycles. The van der Waals surface area contributed by atoms with E-state index in [1.165, 1.54) is 49.4 Å². The maximum atomic E-state index is 6.23. The van der Waals surface area contributed by atoms with Gasteiger partial charge in [0.05, 0.1) is 11.7 Å². The van der Waals surface area contributed by atoms with Crippen molar-refractivity contribution in [2.24, 2.45) is 0 Å². The first-order valence-corrected chi connectivity index (χ1v) is 7.82. The van der Waals surface area contributed by atoms with Gasteiger partial charge in [-0.25, -0.2) is 0 Å². The van der Waals surface area contributed by atoms with Gasteiger partial charge in [0.1, 0.15) is 0 Å². The molecule has 3 heteroatoms. The number of halogens is 1. The molecule has 0 amide bonds. The lowest BCUT2D eigenvalue weighted by molar-refractivity contribution is -0.0350. The Morgan fingerprint density at radius 1 is 1.27 bits per heavy atom. The zero-order valence-electron chi connectivity index (χ0n) is 9.43. The quantitative estimate of drug-likeness (QED) is 0.477. The van der Waals surface area contributed by atoms with Crippen molar-refractivity contribution in [1.29, 1.82) is 0 Å². The predicted octanol–water partition coefficient (Wildman–Crippen LogP) is 2.89. The fraction of sp³-hybridized carbons (Fsp3) is 1.00. The number of rotatable bonds is 5. The molecule has 2 rings (SSSR count). The molecule has 0 aromatic carbocycles. The summed E-state index contributed by atoms with van der Waals surface area (Å²) in [5.41, 5.74) is 0.315. The van der Waals surface area contributed by atoms with E-state index in [9.17, 15) is 0 Å². The van der Waals surface area contributed by atoms with Crippen LogP contribution in [0.2, 0.25) is 0 Å². The number of alkyl halides is 1. The van der Waals surface area contributed by atoms with Gasteiger partial charge in [0.2, 0.25) is 0 Å². The molecular formula is C12H22INO. The van der Waals surface area contributed by atoms with Gasteiger partial charge in [-0.15, -0.1) is 0 Å². The second kappa shape index (κ2) is 5.82. The van der Waals surface area contributed by atoms with E-state index in [-0.39, 0.29) is 0 Å². The van der Waals surface area contributed by atoms with Crippen molar-refractivity contribution in [3.63, 3.8) is 0 Å². The van der Waals surface area contributed by atoms with E-state index in [2.05, 4.69) is 27.9 Å². The second-order valence-electron chi connectivity index (χ2n) is 4.92. The lowest BCUT2D eigenvalue weighted by Gasteiger charge is -2.23. The maximum Gasteiger partial charge on any atom is 0.0708 e. The Hall–Kier alpha value is 0.650. The summed E-state index contributed by atoms with van der Waals surface area (Å²) in [5, 5.41) is 3.50. The number of hydrogen-bond acceptors (Lipinski definition) is 2. The molecule has 1 saturated carbocycles. The number of nitrogens with one attached hydrogen (secondary N) is 1. The molecule has 2 nitrogen and oxygen atoms in total. The van der Waals surface area contributed by atoms with E-state index in [0.717, 1.165) is 13.1 Å². The van der Waals surface area contributed by atoms with Crippen molar-refractivity contribution in [3.8, 4) is 0 Å². The smallest absolute Gasteiger partial charge is 0.0708 e. The Labute approximate surface area is 107 Å². The fourth-order valence-corrected chi connectivity index (χ4v) is 3.26. The van der Waals surface area contributed by atoms with Crippen LogP contribution in [0, 0.1) is 0 Å². The highest BCUT2D eigenvalue weighted by atomic mass is 127. The van der Waals surface area contributed by atoms with Gasteiger partial charge in [-0.3, -0.25) is 0 Å². The van der Waals surface area contributed by atoms with Crippen LogP contribution < -0.4 is 5.32 Å². The zero-order chi connectivity index (χ0) is 10.6. The summed E-state index contributed by atoms with van der Waals surface area (Å²) in [4.78, 5) is 0. The lowest BCUT2D eigenvalue weighted by atomic mass is 9.98. The molecule has 1 heterocycles. The van der Waals surface area contributed by atoms with Crippen LogP contribution in [0.3, 0.4) is 0 Å². The standard InChI is InChI=1S/C12H22INO/c13-8-3-9-14-10-11-4-7-12(15-11)5-1-2-6-12/h11,14H,1-10H2. The lowest BCUT2D eigenvalue weighted by Crippen LogP contribution is -2.31. The van der Waals surface area contributed by atoms with Gasteiger partial charge < -0.3 is 10.1 Å². The average Bonchev–Trinajstić information content (AvgIpc) is 2.85. The Morgan fingerprint density at radius 2 is 2.07 bits per heavy atom. The van der Waals surface area contributed by atoms with Crippen LogP contribution in [0.1, 0.15) is 44.9 Å². The number of ether oxygens (including phenoxy) is 1. The molecule has 1 saturated heterocycles. The van der Waals surface area contributed by atoms with Crippen molar-refractivity contribution in [2.45, 2.75) is 56.7 Å². The topological polar surface area (TPSA) is 21.3 Å². The van der Waals surface area contributed by atoms with E-state index in [1.54, 1.807) is 0 Å². The van der Waals surface area contributed by atoms with E-state index in [1.807, 2.05) is 0 Å². The van der Waals surface area contributed by atoms with Gasteiger partial charge in [-0.1, -0.05) is 35.4 Å². The third kappa shape index (κ3) is 3.30. The predicted molar refractivity (Wildman–Crippen MR) is 71.7 cm³/mol. The monoisotopic (exact) mass is 323 g/mol. The minimum Gasteiger partial charge on any atom is -0.370 e. The molecule has 0 aromatic rings. The molecule has 15 heavy (non-hydrogen) atoms. The van der Waals surface area contributed by atoms with Crippen molar-refractivity contribution in [3.05, 3.63) is 0 Å². The van der Waals surface area contributed by atoms with Crippen LogP contribution in [-0.4, -0.2) is 29.2 Å². The number of hydrogen-bond donors (Lipinski definition) is 1. The molecule has 1 aliphatic carbocycles. The molecule has 1 unspecified atom stereocenters. The fourth-order valence-electron chi connectivity index (χ4n) is 2.88. The molecule has 2 aliphatic rings. The van der Waals surface area contributed by atoms with E-state index < -0.39 is 0 Å². The summed E-state index contributed by atoms with van der Waals surface area (Å²) in [7, 11) is 0. The van der Waals surface area contributed by atoms with Gasteiger partial charge in [0.15, 0.2) is 0 Å². The first-order chi connectivity index (χ1) is 7.35. The normalized spacial score (nSPS) is 29.0.